The summed E-state index contributed by atoms with van der Waals surface area (Å²) in [5.74, 6) is 2.55. The van der Waals surface area contributed by atoms with Crippen LogP contribution in [-0.2, 0) is 14.3 Å². The molecule has 0 spiro atoms. The average Bonchev–Trinajstić information content (AvgIpc) is 3.43. The highest BCUT2D eigenvalue weighted by molar-refractivity contribution is 5.89. The number of allylic oxidation sites excluding steroid dienone is 4. The summed E-state index contributed by atoms with van der Waals surface area (Å²) in [5, 5.41) is 0. The molecule has 5 heteroatoms. The first kappa shape index (κ1) is 37.1. The third kappa shape index (κ3) is 6.05. The van der Waals surface area contributed by atoms with E-state index in [-0.39, 0.29) is 39.1 Å². The molecule has 9 atom stereocenters. The fraction of sp³-hybridized carbons (Fsp3) is 0.689. The summed E-state index contributed by atoms with van der Waals surface area (Å²) in [4.78, 5) is 25.2. The SMILES string of the molecule is C=C(C)[C@@H]1CC[C@]2(N)CC[C@]3(C)[C@H](CC[C@@H]4[C@@]5(C)CC=C(/C(=C/CCOC(=O)c6ccccc6)CCC(=O)OCC)C(C)(C)[C@@H]5CC[C@]43C)[C@@H]12. The van der Waals surface area contributed by atoms with Crippen molar-refractivity contribution in [3.63, 3.8) is 0 Å². The Bertz CT molecular complexity index is 1520. The van der Waals surface area contributed by atoms with E-state index in [0.717, 1.165) is 19.3 Å². The lowest BCUT2D eigenvalue weighted by molar-refractivity contribution is -0.219. The monoisotopic (exact) mass is 683 g/mol. The standard InChI is InChI=1S/C45H65NO4/c1-9-49-38(47)20-17-31(16-13-29-50-40(48)32-14-11-10-12-15-32)34-22-24-42(6)36(41(34,4)5)23-25-44(8)37(42)19-18-35-39-33(30(2)3)21-26-45(39,46)28-27-43(35,44)7/h10-12,14-16,22,33,35-37,39H,2,9,13,17-21,23-29,46H2,1,3-8H3/b31-16+/t33-,35+,36-,37+,39+,42-,43+,44+,45-/m0/s1. The van der Waals surface area contributed by atoms with Crippen molar-refractivity contribution in [2.75, 3.05) is 13.2 Å². The first-order chi connectivity index (χ1) is 23.6. The molecule has 0 saturated heterocycles. The van der Waals surface area contributed by atoms with Crippen LogP contribution in [0.2, 0.25) is 0 Å². The van der Waals surface area contributed by atoms with Crippen molar-refractivity contribution in [1.82, 2.24) is 0 Å². The van der Waals surface area contributed by atoms with Crippen LogP contribution in [0, 0.1) is 51.2 Å². The molecule has 0 amide bonds. The summed E-state index contributed by atoms with van der Waals surface area (Å²) >= 11 is 0. The molecule has 1 aromatic carbocycles. The van der Waals surface area contributed by atoms with Gasteiger partial charge in [-0.25, -0.2) is 4.79 Å². The molecule has 1 aromatic rings. The lowest BCUT2D eigenvalue weighted by atomic mass is 9.33. The maximum Gasteiger partial charge on any atom is 0.338 e. The van der Waals surface area contributed by atoms with Crippen LogP contribution in [0.15, 0.2) is 65.8 Å². The second-order valence-corrected chi connectivity index (χ2v) is 18.3. The van der Waals surface area contributed by atoms with Crippen molar-refractivity contribution >= 4 is 11.9 Å². The van der Waals surface area contributed by atoms with Gasteiger partial charge in [0.2, 0.25) is 0 Å². The molecule has 0 aromatic heterocycles. The number of ether oxygens (including phenoxy) is 2. The molecule has 6 rings (SSSR count). The summed E-state index contributed by atoms with van der Waals surface area (Å²) in [7, 11) is 0. The van der Waals surface area contributed by atoms with Crippen molar-refractivity contribution in [3.8, 4) is 0 Å². The molecule has 0 aliphatic heterocycles. The lowest BCUT2D eigenvalue weighted by Gasteiger charge is -2.72. The lowest BCUT2D eigenvalue weighted by Crippen LogP contribution is -2.67. The van der Waals surface area contributed by atoms with Gasteiger partial charge in [-0.3, -0.25) is 4.79 Å². The predicted molar refractivity (Wildman–Crippen MR) is 202 cm³/mol. The summed E-state index contributed by atoms with van der Waals surface area (Å²) in [6.07, 6.45) is 17.3. The molecule has 274 valence electrons. The number of benzene rings is 1. The first-order valence-electron chi connectivity index (χ1n) is 19.8. The van der Waals surface area contributed by atoms with Gasteiger partial charge < -0.3 is 15.2 Å². The van der Waals surface area contributed by atoms with Gasteiger partial charge in [0.15, 0.2) is 0 Å². The number of hydrogen-bond donors (Lipinski definition) is 1. The zero-order valence-corrected chi connectivity index (χ0v) is 32.2. The van der Waals surface area contributed by atoms with Crippen molar-refractivity contribution in [1.29, 1.82) is 0 Å². The molecular formula is C45H65NO4. The number of fused-ring (bicyclic) bond motifs is 7. The molecule has 5 aliphatic rings. The highest BCUT2D eigenvalue weighted by Crippen LogP contribution is 2.76. The van der Waals surface area contributed by atoms with Crippen molar-refractivity contribution in [2.24, 2.45) is 57.0 Å². The zero-order valence-electron chi connectivity index (χ0n) is 32.2. The summed E-state index contributed by atoms with van der Waals surface area (Å²) in [6, 6.07) is 9.16. The quantitative estimate of drug-likeness (QED) is 0.151. The van der Waals surface area contributed by atoms with E-state index in [9.17, 15) is 9.59 Å². The molecule has 4 saturated carbocycles. The van der Waals surface area contributed by atoms with Crippen LogP contribution < -0.4 is 5.73 Å². The second-order valence-electron chi connectivity index (χ2n) is 18.3. The third-order valence-corrected chi connectivity index (χ3v) is 15.7. The fourth-order valence-electron chi connectivity index (χ4n) is 13.2. The van der Waals surface area contributed by atoms with Crippen LogP contribution in [0.1, 0.15) is 136 Å². The molecule has 5 aliphatic carbocycles. The van der Waals surface area contributed by atoms with Crippen LogP contribution in [-0.4, -0.2) is 30.7 Å². The zero-order chi connectivity index (χ0) is 36.1. The number of carbonyl (C=O) groups excluding carboxylic acids is 2. The maximum atomic E-state index is 12.6. The summed E-state index contributed by atoms with van der Waals surface area (Å²) < 4.78 is 11.0. The fourth-order valence-corrected chi connectivity index (χ4v) is 13.2. The number of nitrogens with two attached hydrogens (primary N) is 1. The molecule has 0 bridgehead atoms. The van der Waals surface area contributed by atoms with E-state index in [2.05, 4.69) is 60.3 Å². The average molecular weight is 684 g/mol. The number of esters is 2. The molecule has 0 radical (unpaired) electrons. The van der Waals surface area contributed by atoms with Gasteiger partial charge in [0, 0.05) is 18.4 Å². The Kier molecular flexibility index (Phi) is 10.2. The van der Waals surface area contributed by atoms with Crippen molar-refractivity contribution < 1.29 is 19.1 Å². The summed E-state index contributed by atoms with van der Waals surface area (Å²) in [6.45, 7) is 22.2. The van der Waals surface area contributed by atoms with E-state index >= 15 is 0 Å². The number of carbonyl (C=O) groups is 2. The van der Waals surface area contributed by atoms with Gasteiger partial charge in [-0.05, 0) is 153 Å². The first-order valence-corrected chi connectivity index (χ1v) is 19.8. The van der Waals surface area contributed by atoms with Gasteiger partial charge in [-0.15, -0.1) is 0 Å². The smallest absolute Gasteiger partial charge is 0.338 e. The molecule has 5 nitrogen and oxygen atoms in total. The minimum atomic E-state index is -0.299. The van der Waals surface area contributed by atoms with Crippen LogP contribution >= 0.6 is 0 Å². The van der Waals surface area contributed by atoms with Crippen molar-refractivity contribution in [2.45, 2.75) is 131 Å². The number of hydrogen-bond acceptors (Lipinski definition) is 5. The molecule has 2 N–H and O–H groups in total. The van der Waals surface area contributed by atoms with Crippen LogP contribution in [0.5, 0.6) is 0 Å². The normalized spacial score (nSPS) is 38.8. The van der Waals surface area contributed by atoms with Gasteiger partial charge in [0.1, 0.15) is 0 Å². The van der Waals surface area contributed by atoms with Gasteiger partial charge in [-0.2, -0.15) is 0 Å². The minimum absolute atomic E-state index is 0.0191. The van der Waals surface area contributed by atoms with E-state index in [0.29, 0.717) is 67.6 Å². The second kappa shape index (κ2) is 13.7. The molecule has 0 heterocycles. The Morgan fingerprint density at radius 3 is 2.34 bits per heavy atom. The Morgan fingerprint density at radius 1 is 0.900 bits per heavy atom. The van der Waals surface area contributed by atoms with Gasteiger partial charge in [0.05, 0.1) is 18.8 Å². The predicted octanol–water partition coefficient (Wildman–Crippen LogP) is 10.4. The van der Waals surface area contributed by atoms with E-state index in [1.54, 1.807) is 12.1 Å². The number of rotatable bonds is 10. The Balaban J connectivity index is 1.26. The van der Waals surface area contributed by atoms with Crippen molar-refractivity contribution in [3.05, 3.63) is 71.3 Å². The van der Waals surface area contributed by atoms with Crippen LogP contribution in [0.4, 0.5) is 0 Å². The van der Waals surface area contributed by atoms with E-state index in [4.69, 9.17) is 15.2 Å². The van der Waals surface area contributed by atoms with Gasteiger partial charge in [0.25, 0.3) is 0 Å². The molecule has 0 unspecified atom stereocenters. The molecule has 4 fully saturated rings. The van der Waals surface area contributed by atoms with Crippen LogP contribution in [0.3, 0.4) is 0 Å². The topological polar surface area (TPSA) is 78.6 Å². The highest BCUT2D eigenvalue weighted by Gasteiger charge is 2.70. The summed E-state index contributed by atoms with van der Waals surface area (Å²) in [5.41, 5.74) is 12.5. The Labute approximate surface area is 302 Å². The van der Waals surface area contributed by atoms with E-state index in [1.165, 1.54) is 55.2 Å². The largest absolute Gasteiger partial charge is 0.466 e. The molecule has 50 heavy (non-hydrogen) atoms. The van der Waals surface area contributed by atoms with Crippen LogP contribution in [0.25, 0.3) is 0 Å². The maximum absolute atomic E-state index is 12.6. The highest BCUT2D eigenvalue weighted by atomic mass is 16.5. The van der Waals surface area contributed by atoms with E-state index in [1.807, 2.05) is 25.1 Å². The molecular weight excluding hydrogens is 618 g/mol. The third-order valence-electron chi connectivity index (χ3n) is 15.7. The van der Waals surface area contributed by atoms with Gasteiger partial charge in [-0.1, -0.05) is 77.1 Å². The minimum Gasteiger partial charge on any atom is -0.466 e. The van der Waals surface area contributed by atoms with E-state index < -0.39 is 0 Å². The Hall–Kier alpha value is -2.66. The van der Waals surface area contributed by atoms with Gasteiger partial charge >= 0.3 is 11.9 Å². The Morgan fingerprint density at radius 2 is 1.64 bits per heavy atom.